The van der Waals surface area contributed by atoms with Crippen molar-refractivity contribution in [2.24, 2.45) is 0 Å². The lowest BCUT2D eigenvalue weighted by atomic mass is 9.91. The van der Waals surface area contributed by atoms with Gasteiger partial charge in [0.05, 0.1) is 5.92 Å². The van der Waals surface area contributed by atoms with Crippen LogP contribution in [0.2, 0.25) is 0 Å². The number of benzene rings is 3. The first-order valence-electron chi connectivity index (χ1n) is 8.67. The van der Waals surface area contributed by atoms with E-state index in [-0.39, 0.29) is 5.91 Å². The first kappa shape index (κ1) is 18.2. The summed E-state index contributed by atoms with van der Waals surface area (Å²) in [5.41, 5.74) is 8.37. The van der Waals surface area contributed by atoms with Crippen LogP contribution in [0.5, 0.6) is 0 Å². The summed E-state index contributed by atoms with van der Waals surface area (Å²) in [4.78, 5) is 24.9. The van der Waals surface area contributed by atoms with Crippen LogP contribution in [0.25, 0.3) is 0 Å². The Morgan fingerprint density at radius 2 is 1.22 bits per heavy atom. The molecule has 0 unspecified atom stereocenters. The van der Waals surface area contributed by atoms with Crippen molar-refractivity contribution in [3.05, 3.63) is 102 Å². The zero-order valence-corrected chi connectivity index (χ0v) is 15.0. The van der Waals surface area contributed by atoms with Gasteiger partial charge in [0.2, 0.25) is 5.91 Å². The quantitative estimate of drug-likeness (QED) is 0.617. The Morgan fingerprint density at radius 1 is 0.704 bits per heavy atom. The largest absolute Gasteiger partial charge is 0.337 e. The van der Waals surface area contributed by atoms with Crippen molar-refractivity contribution < 1.29 is 9.59 Å². The lowest BCUT2D eigenvalue weighted by Gasteiger charge is -2.18. The number of carbonyl (C=O) groups is 2. The zero-order chi connectivity index (χ0) is 19.1. The molecule has 0 aliphatic heterocycles. The predicted molar refractivity (Wildman–Crippen MR) is 106 cm³/mol. The van der Waals surface area contributed by atoms with E-state index in [1.54, 1.807) is 12.1 Å². The number of aryl methyl sites for hydroxylation is 1. The summed E-state index contributed by atoms with van der Waals surface area (Å²) in [6, 6.07) is 25.8. The maximum absolute atomic E-state index is 12.8. The van der Waals surface area contributed by atoms with Gasteiger partial charge in [-0.15, -0.1) is 0 Å². The second kappa shape index (κ2) is 8.67. The van der Waals surface area contributed by atoms with Gasteiger partial charge >= 0.3 is 6.03 Å². The summed E-state index contributed by atoms with van der Waals surface area (Å²) in [7, 11) is 0. The molecule has 0 atom stereocenters. The number of carbonyl (C=O) groups excluding carboxylic acids is 2. The molecule has 0 fully saturated rings. The Bertz CT molecular complexity index is 854. The van der Waals surface area contributed by atoms with Crippen LogP contribution in [-0.4, -0.2) is 11.9 Å². The van der Waals surface area contributed by atoms with Crippen molar-refractivity contribution in [1.29, 1.82) is 0 Å². The first-order chi connectivity index (χ1) is 13.1. The monoisotopic (exact) mass is 359 g/mol. The fraction of sp³-hybridized carbons (Fsp3) is 0.0909. The summed E-state index contributed by atoms with van der Waals surface area (Å²) in [6.45, 7) is 1.97. The van der Waals surface area contributed by atoms with E-state index in [1.165, 1.54) is 0 Å². The minimum atomic E-state index is -0.521. The number of nitrogens with one attached hydrogen (secondary N) is 3. The van der Waals surface area contributed by atoms with Gasteiger partial charge < -0.3 is 5.32 Å². The van der Waals surface area contributed by atoms with Crippen LogP contribution >= 0.6 is 0 Å². The molecule has 0 radical (unpaired) electrons. The van der Waals surface area contributed by atoms with Crippen molar-refractivity contribution in [3.63, 3.8) is 0 Å². The fourth-order valence-corrected chi connectivity index (χ4v) is 2.78. The molecule has 3 N–H and O–H groups in total. The molecule has 27 heavy (non-hydrogen) atoms. The Hall–Kier alpha value is -3.60. The van der Waals surface area contributed by atoms with E-state index in [2.05, 4.69) is 16.2 Å². The van der Waals surface area contributed by atoms with Crippen LogP contribution < -0.4 is 16.2 Å². The van der Waals surface area contributed by atoms with Crippen LogP contribution in [0.3, 0.4) is 0 Å². The van der Waals surface area contributed by atoms with Gasteiger partial charge in [0.15, 0.2) is 0 Å². The van der Waals surface area contributed by atoms with Gasteiger partial charge in [-0.25, -0.2) is 10.2 Å². The van der Waals surface area contributed by atoms with Crippen LogP contribution in [0.1, 0.15) is 22.6 Å². The maximum atomic E-state index is 12.8. The molecule has 0 saturated carbocycles. The molecule has 0 aliphatic rings. The average molecular weight is 359 g/mol. The molecule has 3 aromatic rings. The first-order valence-corrected chi connectivity index (χ1v) is 8.67. The lowest BCUT2D eigenvalue weighted by molar-refractivity contribution is -0.122. The molecular formula is C22H21N3O2. The van der Waals surface area contributed by atoms with E-state index >= 15 is 0 Å². The van der Waals surface area contributed by atoms with Crippen molar-refractivity contribution in [1.82, 2.24) is 10.9 Å². The molecular weight excluding hydrogens is 338 g/mol. The number of rotatable bonds is 4. The number of amides is 3. The molecule has 5 heteroatoms. The molecule has 3 aromatic carbocycles. The van der Waals surface area contributed by atoms with Crippen molar-refractivity contribution in [3.8, 4) is 0 Å². The summed E-state index contributed by atoms with van der Waals surface area (Å²) >= 11 is 0. The Balaban J connectivity index is 1.68. The van der Waals surface area contributed by atoms with E-state index in [1.807, 2.05) is 79.7 Å². The van der Waals surface area contributed by atoms with Gasteiger partial charge in [-0.3, -0.25) is 10.2 Å². The van der Waals surface area contributed by atoms with Crippen LogP contribution in [0.15, 0.2) is 84.9 Å². The SMILES string of the molecule is Cc1ccc(NC(=O)NNC(=O)C(c2ccccc2)c2ccccc2)cc1. The Kier molecular flexibility index (Phi) is 5.84. The second-order valence-electron chi connectivity index (χ2n) is 6.19. The molecule has 0 aliphatic carbocycles. The highest BCUT2D eigenvalue weighted by Crippen LogP contribution is 2.24. The molecule has 0 saturated heterocycles. The number of anilines is 1. The normalized spacial score (nSPS) is 10.3. The minimum absolute atomic E-state index is 0.313. The summed E-state index contributed by atoms with van der Waals surface area (Å²) < 4.78 is 0. The number of hydrazine groups is 1. The van der Waals surface area contributed by atoms with Gasteiger partial charge in [0.1, 0.15) is 0 Å². The average Bonchev–Trinajstić information content (AvgIpc) is 2.70. The summed E-state index contributed by atoms with van der Waals surface area (Å²) in [5.74, 6) is -0.835. The van der Waals surface area contributed by atoms with Crippen molar-refractivity contribution in [2.75, 3.05) is 5.32 Å². The number of urea groups is 1. The third-order valence-electron chi connectivity index (χ3n) is 4.14. The van der Waals surface area contributed by atoms with Gasteiger partial charge in [0, 0.05) is 5.69 Å². The third kappa shape index (κ3) is 4.95. The van der Waals surface area contributed by atoms with Crippen molar-refractivity contribution >= 4 is 17.6 Å². The minimum Gasteiger partial charge on any atom is -0.307 e. The highest BCUT2D eigenvalue weighted by atomic mass is 16.2. The van der Waals surface area contributed by atoms with Gasteiger partial charge in [-0.1, -0.05) is 78.4 Å². The topological polar surface area (TPSA) is 70.2 Å². The fourth-order valence-electron chi connectivity index (χ4n) is 2.78. The predicted octanol–water partition coefficient (Wildman–Crippen LogP) is 3.98. The second-order valence-corrected chi connectivity index (χ2v) is 6.19. The highest BCUT2D eigenvalue weighted by Gasteiger charge is 2.22. The van der Waals surface area contributed by atoms with Crippen molar-refractivity contribution in [2.45, 2.75) is 12.8 Å². The number of hydrogen-bond acceptors (Lipinski definition) is 2. The Labute approximate surface area is 158 Å². The molecule has 0 heterocycles. The van der Waals surface area contributed by atoms with E-state index in [4.69, 9.17) is 0 Å². The highest BCUT2D eigenvalue weighted by molar-refractivity contribution is 5.93. The summed E-state index contributed by atoms with van der Waals surface area (Å²) in [5, 5.41) is 2.68. The lowest BCUT2D eigenvalue weighted by Crippen LogP contribution is -2.46. The van der Waals surface area contributed by atoms with Gasteiger partial charge in [-0.05, 0) is 30.2 Å². The molecule has 5 nitrogen and oxygen atoms in total. The molecule has 3 amide bonds. The molecule has 3 rings (SSSR count). The summed E-state index contributed by atoms with van der Waals surface area (Å²) in [6.07, 6.45) is 0. The van der Waals surface area contributed by atoms with Crippen LogP contribution in [0, 0.1) is 6.92 Å². The van der Waals surface area contributed by atoms with Gasteiger partial charge in [0.25, 0.3) is 0 Å². The van der Waals surface area contributed by atoms with E-state index in [0.717, 1.165) is 16.7 Å². The van der Waals surface area contributed by atoms with E-state index in [0.29, 0.717) is 5.69 Å². The van der Waals surface area contributed by atoms with E-state index in [9.17, 15) is 9.59 Å². The van der Waals surface area contributed by atoms with Gasteiger partial charge in [-0.2, -0.15) is 0 Å². The molecule has 0 spiro atoms. The molecule has 0 bridgehead atoms. The zero-order valence-electron chi connectivity index (χ0n) is 15.0. The van der Waals surface area contributed by atoms with E-state index < -0.39 is 11.9 Å². The smallest absolute Gasteiger partial charge is 0.307 e. The maximum Gasteiger partial charge on any atom is 0.337 e. The Morgan fingerprint density at radius 3 is 1.74 bits per heavy atom. The number of hydrogen-bond donors (Lipinski definition) is 3. The standard InChI is InChI=1S/C22H21N3O2/c1-16-12-14-19(15-13-16)23-22(27)25-24-21(26)20(17-8-4-2-5-9-17)18-10-6-3-7-11-18/h2-15,20H,1H3,(H,24,26)(H2,23,25,27). The van der Waals surface area contributed by atoms with Crippen LogP contribution in [0.4, 0.5) is 10.5 Å². The van der Waals surface area contributed by atoms with Crippen LogP contribution in [-0.2, 0) is 4.79 Å². The molecule has 0 aromatic heterocycles. The third-order valence-corrected chi connectivity index (χ3v) is 4.14. The molecule has 136 valence electrons.